The van der Waals surface area contributed by atoms with Gasteiger partial charge < -0.3 is 5.32 Å². The molecule has 1 nitrogen and oxygen atoms in total. The van der Waals surface area contributed by atoms with Crippen LogP contribution in [0.25, 0.3) is 0 Å². The van der Waals surface area contributed by atoms with Crippen molar-refractivity contribution in [2.45, 2.75) is 22.6 Å². The Morgan fingerprint density at radius 3 is 2.75 bits per heavy atom. The Bertz CT molecular complexity index is 605. The zero-order valence-electron chi connectivity index (χ0n) is 11.1. The fraction of sp³-hybridized carbons (Fsp3) is 0.250. The monoisotopic (exact) mass is 323 g/mol. The molecule has 0 amide bonds. The Morgan fingerprint density at radius 2 is 2.00 bits per heavy atom. The maximum atomic E-state index is 6.35. The van der Waals surface area contributed by atoms with Gasteiger partial charge in [0.15, 0.2) is 0 Å². The van der Waals surface area contributed by atoms with E-state index in [0.717, 1.165) is 22.0 Å². The highest BCUT2D eigenvalue weighted by atomic mass is 35.5. The molecule has 0 bridgehead atoms. The van der Waals surface area contributed by atoms with Gasteiger partial charge in [-0.2, -0.15) is 0 Å². The third-order valence-corrected chi connectivity index (χ3v) is 5.62. The Hall–Kier alpha value is -0.670. The zero-order valence-corrected chi connectivity index (χ0v) is 13.4. The summed E-state index contributed by atoms with van der Waals surface area (Å²) >= 11 is 14.4. The summed E-state index contributed by atoms with van der Waals surface area (Å²) in [6, 6.07) is 14.4. The van der Waals surface area contributed by atoms with Crippen molar-refractivity contribution in [2.24, 2.45) is 0 Å². The molecule has 1 aliphatic heterocycles. The first-order chi connectivity index (χ1) is 9.69. The summed E-state index contributed by atoms with van der Waals surface area (Å²) < 4.78 is 0. The van der Waals surface area contributed by atoms with Crippen LogP contribution in [-0.4, -0.2) is 12.3 Å². The summed E-state index contributed by atoms with van der Waals surface area (Å²) in [5.41, 5.74) is 2.49. The third-order valence-electron chi connectivity index (χ3n) is 3.65. The predicted molar refractivity (Wildman–Crippen MR) is 88.1 cm³/mol. The van der Waals surface area contributed by atoms with Gasteiger partial charge in [-0.15, -0.1) is 11.8 Å². The van der Waals surface area contributed by atoms with Gasteiger partial charge in [-0.05, 0) is 48.9 Å². The molecule has 0 aromatic heterocycles. The van der Waals surface area contributed by atoms with Crippen LogP contribution in [0, 0.1) is 0 Å². The van der Waals surface area contributed by atoms with Gasteiger partial charge >= 0.3 is 0 Å². The second kappa shape index (κ2) is 5.98. The number of fused-ring (bicyclic) bond motifs is 1. The SMILES string of the molecule is CNC(c1cc(Cl)ccc1Cl)C1Cc2ccccc2S1. The zero-order chi connectivity index (χ0) is 14.1. The molecule has 104 valence electrons. The Balaban J connectivity index is 1.91. The summed E-state index contributed by atoms with van der Waals surface area (Å²) in [6.07, 6.45) is 1.05. The number of hydrogen-bond acceptors (Lipinski definition) is 2. The Labute approximate surface area is 133 Å². The molecular formula is C16H15Cl2NS. The maximum Gasteiger partial charge on any atom is 0.0460 e. The highest BCUT2D eigenvalue weighted by molar-refractivity contribution is 8.00. The van der Waals surface area contributed by atoms with Crippen molar-refractivity contribution in [3.63, 3.8) is 0 Å². The van der Waals surface area contributed by atoms with Crippen molar-refractivity contribution in [1.82, 2.24) is 5.32 Å². The van der Waals surface area contributed by atoms with Gasteiger partial charge in [0.2, 0.25) is 0 Å². The van der Waals surface area contributed by atoms with Crippen LogP contribution in [0.4, 0.5) is 0 Å². The molecule has 0 saturated carbocycles. The number of rotatable bonds is 3. The van der Waals surface area contributed by atoms with Crippen molar-refractivity contribution in [2.75, 3.05) is 7.05 Å². The van der Waals surface area contributed by atoms with Crippen LogP contribution >= 0.6 is 35.0 Å². The smallest absolute Gasteiger partial charge is 0.0460 e. The van der Waals surface area contributed by atoms with Crippen molar-refractivity contribution in [1.29, 1.82) is 0 Å². The lowest BCUT2D eigenvalue weighted by Crippen LogP contribution is -2.27. The van der Waals surface area contributed by atoms with Crippen LogP contribution < -0.4 is 5.32 Å². The lowest BCUT2D eigenvalue weighted by molar-refractivity contribution is 0.568. The Morgan fingerprint density at radius 1 is 1.20 bits per heavy atom. The summed E-state index contributed by atoms with van der Waals surface area (Å²) in [5, 5.41) is 5.33. The molecule has 0 aliphatic carbocycles. The van der Waals surface area contributed by atoms with Gasteiger partial charge in [0.25, 0.3) is 0 Å². The quantitative estimate of drug-likeness (QED) is 0.855. The molecular weight excluding hydrogens is 309 g/mol. The van der Waals surface area contributed by atoms with E-state index >= 15 is 0 Å². The van der Waals surface area contributed by atoms with Gasteiger partial charge in [-0.25, -0.2) is 0 Å². The highest BCUT2D eigenvalue weighted by Crippen LogP contribution is 2.43. The van der Waals surface area contributed by atoms with E-state index in [0.29, 0.717) is 5.25 Å². The summed E-state index contributed by atoms with van der Waals surface area (Å²) in [6.45, 7) is 0. The Kier molecular flexibility index (Phi) is 4.27. The van der Waals surface area contributed by atoms with Gasteiger partial charge in [-0.3, -0.25) is 0 Å². The van der Waals surface area contributed by atoms with Crippen LogP contribution in [-0.2, 0) is 6.42 Å². The van der Waals surface area contributed by atoms with E-state index in [4.69, 9.17) is 23.2 Å². The molecule has 0 radical (unpaired) electrons. The van der Waals surface area contributed by atoms with Crippen molar-refractivity contribution < 1.29 is 0 Å². The van der Waals surface area contributed by atoms with Crippen LogP contribution in [0.3, 0.4) is 0 Å². The second-order valence-electron chi connectivity index (χ2n) is 4.90. The molecule has 2 atom stereocenters. The predicted octanol–water partition coefficient (Wildman–Crippen LogP) is 4.97. The first-order valence-corrected chi connectivity index (χ1v) is 8.19. The first kappa shape index (κ1) is 14.3. The van der Waals surface area contributed by atoms with Gasteiger partial charge in [0.05, 0.1) is 0 Å². The van der Waals surface area contributed by atoms with E-state index in [9.17, 15) is 0 Å². The van der Waals surface area contributed by atoms with Crippen LogP contribution in [0.5, 0.6) is 0 Å². The molecule has 1 N–H and O–H groups in total. The van der Waals surface area contributed by atoms with Gasteiger partial charge in [0, 0.05) is 26.2 Å². The third kappa shape index (κ3) is 2.71. The van der Waals surface area contributed by atoms with E-state index in [-0.39, 0.29) is 6.04 Å². The first-order valence-electron chi connectivity index (χ1n) is 6.56. The van der Waals surface area contributed by atoms with Crippen molar-refractivity contribution in [3.05, 3.63) is 63.6 Å². The van der Waals surface area contributed by atoms with E-state index in [1.54, 1.807) is 0 Å². The largest absolute Gasteiger partial charge is 0.312 e. The molecule has 20 heavy (non-hydrogen) atoms. The molecule has 1 aliphatic rings. The lowest BCUT2D eigenvalue weighted by Gasteiger charge is -2.24. The fourth-order valence-corrected chi connectivity index (χ4v) is 4.57. The molecule has 3 rings (SSSR count). The topological polar surface area (TPSA) is 12.0 Å². The van der Waals surface area contributed by atoms with E-state index < -0.39 is 0 Å². The average Bonchev–Trinajstić information content (AvgIpc) is 2.87. The fourth-order valence-electron chi connectivity index (χ4n) is 2.69. The molecule has 4 heteroatoms. The molecule has 0 spiro atoms. The van der Waals surface area contributed by atoms with E-state index in [1.165, 1.54) is 10.5 Å². The minimum Gasteiger partial charge on any atom is -0.312 e. The lowest BCUT2D eigenvalue weighted by atomic mass is 9.99. The summed E-state index contributed by atoms with van der Waals surface area (Å²) in [7, 11) is 1.98. The molecule has 0 saturated heterocycles. The number of hydrogen-bond donors (Lipinski definition) is 1. The summed E-state index contributed by atoms with van der Waals surface area (Å²) in [4.78, 5) is 1.37. The second-order valence-corrected chi connectivity index (χ2v) is 7.02. The van der Waals surface area contributed by atoms with E-state index in [1.807, 2.05) is 37.0 Å². The van der Waals surface area contributed by atoms with Crippen LogP contribution in [0.15, 0.2) is 47.4 Å². The number of halogens is 2. The average molecular weight is 324 g/mol. The molecule has 0 fully saturated rings. The van der Waals surface area contributed by atoms with Crippen LogP contribution in [0.2, 0.25) is 10.0 Å². The van der Waals surface area contributed by atoms with Gasteiger partial charge in [0.1, 0.15) is 0 Å². The normalized spacial score (nSPS) is 18.9. The highest BCUT2D eigenvalue weighted by Gasteiger charge is 2.30. The number of benzene rings is 2. The molecule has 2 aromatic carbocycles. The van der Waals surface area contributed by atoms with Crippen LogP contribution in [0.1, 0.15) is 17.2 Å². The van der Waals surface area contributed by atoms with E-state index in [2.05, 4.69) is 29.6 Å². The molecule has 1 heterocycles. The van der Waals surface area contributed by atoms with Crippen molar-refractivity contribution >= 4 is 35.0 Å². The standard InChI is InChI=1S/C16H15Cl2NS/c1-19-16(12-9-11(17)6-7-13(12)18)15-8-10-4-2-3-5-14(10)20-15/h2-7,9,15-16,19H,8H2,1H3. The molecule has 2 unspecified atom stereocenters. The molecule has 2 aromatic rings. The minimum atomic E-state index is 0.193. The number of thioether (sulfide) groups is 1. The minimum absolute atomic E-state index is 0.193. The van der Waals surface area contributed by atoms with Gasteiger partial charge in [-0.1, -0.05) is 41.4 Å². The maximum absolute atomic E-state index is 6.35. The summed E-state index contributed by atoms with van der Waals surface area (Å²) in [5.74, 6) is 0. The van der Waals surface area contributed by atoms with Crippen molar-refractivity contribution in [3.8, 4) is 0 Å². The number of nitrogens with one attached hydrogen (secondary N) is 1.